The van der Waals surface area contributed by atoms with Crippen molar-refractivity contribution in [3.05, 3.63) is 47.9 Å². The summed E-state index contributed by atoms with van der Waals surface area (Å²) in [7, 11) is 0. The highest BCUT2D eigenvalue weighted by Gasteiger charge is 2.45. The van der Waals surface area contributed by atoms with E-state index in [4.69, 9.17) is 9.72 Å². The Kier molecular flexibility index (Phi) is 5.54. The van der Waals surface area contributed by atoms with Crippen LogP contribution in [0.25, 0.3) is 32.9 Å². The van der Waals surface area contributed by atoms with Crippen LogP contribution in [0.2, 0.25) is 0 Å². The molecule has 0 spiro atoms. The first kappa shape index (κ1) is 24.4. The molecule has 2 N–H and O–H groups in total. The molecule has 4 aromatic rings. The molecule has 2 unspecified atom stereocenters. The number of aromatic nitrogens is 3. The number of halogens is 3. The monoisotopic (exact) mass is 548 g/mol. The number of ether oxygens (including phenoxy) is 1. The molecule has 0 aliphatic carbocycles. The second-order valence-electron chi connectivity index (χ2n) is 11.9. The summed E-state index contributed by atoms with van der Waals surface area (Å²) in [5, 5.41) is 4.05. The molecule has 4 fully saturated rings. The summed E-state index contributed by atoms with van der Waals surface area (Å²) in [6, 6.07) is 6.54. The number of hydrogen-bond acceptors (Lipinski definition) is 6. The van der Waals surface area contributed by atoms with E-state index < -0.39 is 17.5 Å². The fraction of sp³-hybridized carbons (Fsp3) is 0.467. The van der Waals surface area contributed by atoms with Crippen LogP contribution in [0.3, 0.4) is 0 Å². The Morgan fingerprint density at radius 2 is 1.77 bits per heavy atom. The summed E-state index contributed by atoms with van der Waals surface area (Å²) in [5.74, 6) is -1.68. The third-order valence-corrected chi connectivity index (χ3v) is 9.56. The molecule has 6 heterocycles. The SMILES string of the molecule is Fc1cc2c(N3CC4CCC(C3)N4)nc(OCC34CCCN3CCC4)nc2c(F)c1-c1c[nH]c2cccc(F)c12. The van der Waals surface area contributed by atoms with E-state index >= 15 is 8.78 Å². The van der Waals surface area contributed by atoms with Gasteiger partial charge in [-0.15, -0.1) is 0 Å². The smallest absolute Gasteiger partial charge is 0.319 e. The van der Waals surface area contributed by atoms with Gasteiger partial charge in [0.05, 0.1) is 11.1 Å². The van der Waals surface area contributed by atoms with Crippen LogP contribution in [0.5, 0.6) is 6.01 Å². The van der Waals surface area contributed by atoms with Gasteiger partial charge in [0.1, 0.15) is 29.6 Å². The lowest BCUT2D eigenvalue weighted by atomic mass is 9.95. The minimum Gasteiger partial charge on any atom is -0.461 e. The maximum Gasteiger partial charge on any atom is 0.319 e. The lowest BCUT2D eigenvalue weighted by molar-refractivity contribution is 0.108. The maximum absolute atomic E-state index is 16.4. The quantitative estimate of drug-likeness (QED) is 0.360. The van der Waals surface area contributed by atoms with E-state index in [2.05, 4.69) is 25.1 Å². The molecule has 2 bridgehead atoms. The minimum absolute atomic E-state index is 0.0137. The zero-order chi connectivity index (χ0) is 27.0. The van der Waals surface area contributed by atoms with Crippen LogP contribution in [0.15, 0.2) is 30.5 Å². The topological polar surface area (TPSA) is 69.3 Å². The minimum atomic E-state index is -0.840. The molecule has 208 valence electrons. The Hall–Kier alpha value is -3.37. The van der Waals surface area contributed by atoms with Gasteiger partial charge in [0.15, 0.2) is 5.82 Å². The third-order valence-electron chi connectivity index (χ3n) is 9.56. The van der Waals surface area contributed by atoms with Gasteiger partial charge in [-0.05, 0) is 69.8 Å². The summed E-state index contributed by atoms with van der Waals surface area (Å²) in [6.45, 7) is 3.95. The Morgan fingerprint density at radius 1 is 1.00 bits per heavy atom. The number of nitrogens with zero attached hydrogens (tertiary/aromatic N) is 4. The van der Waals surface area contributed by atoms with E-state index in [1.165, 1.54) is 18.3 Å². The number of aromatic amines is 1. The van der Waals surface area contributed by atoms with Crippen molar-refractivity contribution in [2.75, 3.05) is 37.7 Å². The van der Waals surface area contributed by atoms with E-state index in [1.807, 2.05) is 0 Å². The van der Waals surface area contributed by atoms with Crippen LogP contribution in [0.1, 0.15) is 38.5 Å². The Balaban J connectivity index is 1.27. The second kappa shape index (κ2) is 9.07. The molecular formula is C30H31F3N6O. The molecule has 4 aliphatic rings. The second-order valence-corrected chi connectivity index (χ2v) is 11.9. The highest BCUT2D eigenvalue weighted by molar-refractivity contribution is 6.00. The Labute approximate surface area is 229 Å². The number of anilines is 1. The summed E-state index contributed by atoms with van der Waals surface area (Å²) in [6.07, 6.45) is 7.96. The first-order valence-corrected chi connectivity index (χ1v) is 14.3. The van der Waals surface area contributed by atoms with E-state index in [0.29, 0.717) is 48.5 Å². The average Bonchev–Trinajstić information content (AvgIpc) is 3.71. The van der Waals surface area contributed by atoms with Crippen molar-refractivity contribution in [1.29, 1.82) is 0 Å². The van der Waals surface area contributed by atoms with Gasteiger partial charge < -0.3 is 19.9 Å². The molecule has 4 aliphatic heterocycles. The predicted octanol–water partition coefficient (Wildman–Crippen LogP) is 5.14. The molecule has 0 radical (unpaired) electrons. The normalized spacial score (nSPS) is 23.9. The van der Waals surface area contributed by atoms with Gasteiger partial charge in [0.2, 0.25) is 0 Å². The number of H-pyrrole nitrogens is 1. The zero-order valence-corrected chi connectivity index (χ0v) is 22.2. The van der Waals surface area contributed by atoms with Gasteiger partial charge in [0.25, 0.3) is 0 Å². The van der Waals surface area contributed by atoms with Gasteiger partial charge in [0, 0.05) is 53.2 Å². The van der Waals surface area contributed by atoms with Gasteiger partial charge >= 0.3 is 6.01 Å². The van der Waals surface area contributed by atoms with Crippen molar-refractivity contribution in [2.45, 2.75) is 56.1 Å². The maximum atomic E-state index is 16.4. The molecule has 2 atom stereocenters. The number of hydrogen-bond donors (Lipinski definition) is 2. The molecule has 2 aromatic carbocycles. The van der Waals surface area contributed by atoms with Gasteiger partial charge in [-0.2, -0.15) is 9.97 Å². The summed E-state index contributed by atoms with van der Waals surface area (Å²) in [5.41, 5.74) is 0.242. The van der Waals surface area contributed by atoms with E-state index in [9.17, 15) is 4.39 Å². The van der Waals surface area contributed by atoms with Gasteiger partial charge in [-0.1, -0.05) is 6.07 Å². The molecule has 4 saturated heterocycles. The van der Waals surface area contributed by atoms with E-state index in [1.54, 1.807) is 12.1 Å². The standard InChI is InChI=1S/C30H31F3N6O/c31-21-4-1-5-23-24(21)20(13-34-23)25-22(32)12-19-27(26(25)33)36-29(40-16-30-8-2-10-39(30)11-3-9-30)37-28(19)38-14-17-6-7-18(15-38)35-17/h1,4-5,12-13,17-18,34-35H,2-3,6-11,14-16H2. The average molecular weight is 549 g/mol. The first-order valence-electron chi connectivity index (χ1n) is 14.3. The van der Waals surface area contributed by atoms with Crippen molar-refractivity contribution in [3.63, 3.8) is 0 Å². The first-order chi connectivity index (χ1) is 19.5. The largest absolute Gasteiger partial charge is 0.461 e. The fourth-order valence-electron chi connectivity index (χ4n) is 7.68. The molecule has 7 nitrogen and oxygen atoms in total. The van der Waals surface area contributed by atoms with Crippen molar-refractivity contribution < 1.29 is 17.9 Å². The fourth-order valence-corrected chi connectivity index (χ4v) is 7.68. The lowest BCUT2D eigenvalue weighted by Crippen LogP contribution is -2.51. The van der Waals surface area contributed by atoms with Crippen molar-refractivity contribution in [1.82, 2.24) is 25.2 Å². The predicted molar refractivity (Wildman–Crippen MR) is 147 cm³/mol. The summed E-state index contributed by atoms with van der Waals surface area (Å²) in [4.78, 5) is 16.8. The number of piperazine rings is 1. The molecule has 8 rings (SSSR count). The van der Waals surface area contributed by atoms with Crippen molar-refractivity contribution in [2.24, 2.45) is 0 Å². The molecule has 40 heavy (non-hydrogen) atoms. The van der Waals surface area contributed by atoms with Crippen LogP contribution < -0.4 is 15.0 Å². The van der Waals surface area contributed by atoms with Crippen molar-refractivity contribution >= 4 is 27.6 Å². The number of benzene rings is 2. The van der Waals surface area contributed by atoms with Crippen LogP contribution in [0, 0.1) is 17.5 Å². The Morgan fingerprint density at radius 3 is 2.55 bits per heavy atom. The lowest BCUT2D eigenvalue weighted by Gasteiger charge is -2.34. The molecule has 10 heteroatoms. The van der Waals surface area contributed by atoms with Crippen LogP contribution >= 0.6 is 0 Å². The van der Waals surface area contributed by atoms with Crippen LogP contribution in [-0.2, 0) is 0 Å². The highest BCUT2D eigenvalue weighted by Crippen LogP contribution is 2.41. The molecular weight excluding hydrogens is 517 g/mol. The summed E-state index contributed by atoms with van der Waals surface area (Å²) >= 11 is 0. The van der Waals surface area contributed by atoms with E-state index in [0.717, 1.165) is 51.6 Å². The van der Waals surface area contributed by atoms with Crippen LogP contribution in [-0.4, -0.2) is 70.3 Å². The number of fused-ring (bicyclic) bond motifs is 5. The highest BCUT2D eigenvalue weighted by atomic mass is 19.1. The molecule has 0 saturated carbocycles. The Bertz CT molecular complexity index is 1620. The van der Waals surface area contributed by atoms with E-state index in [-0.39, 0.29) is 33.6 Å². The van der Waals surface area contributed by atoms with Crippen LogP contribution in [0.4, 0.5) is 19.0 Å². The van der Waals surface area contributed by atoms with Gasteiger partial charge in [-0.3, -0.25) is 4.90 Å². The number of rotatable bonds is 5. The van der Waals surface area contributed by atoms with Gasteiger partial charge in [-0.25, -0.2) is 13.2 Å². The molecule has 2 aromatic heterocycles. The van der Waals surface area contributed by atoms with Crippen molar-refractivity contribution in [3.8, 4) is 17.1 Å². The third kappa shape index (κ3) is 3.72. The molecule has 0 amide bonds. The zero-order valence-electron chi connectivity index (χ0n) is 22.2. The summed E-state index contributed by atoms with van der Waals surface area (Å²) < 4.78 is 53.4. The number of nitrogens with one attached hydrogen (secondary N) is 2.